The smallest absolute Gasteiger partial charge is 0.341 e. The van der Waals surface area contributed by atoms with Gasteiger partial charge in [-0.25, -0.2) is 9.78 Å². The Balaban J connectivity index is 2.47. The molecule has 110 valence electrons. The first-order chi connectivity index (χ1) is 9.88. The summed E-state index contributed by atoms with van der Waals surface area (Å²) in [6.07, 6.45) is 1.52. The van der Waals surface area contributed by atoms with E-state index in [0.29, 0.717) is 10.2 Å². The molecule has 2 rings (SSSR count). The van der Waals surface area contributed by atoms with Crippen molar-refractivity contribution in [2.24, 2.45) is 0 Å². The summed E-state index contributed by atoms with van der Waals surface area (Å²) in [7, 11) is 0. The summed E-state index contributed by atoms with van der Waals surface area (Å²) in [4.78, 5) is 15.4. The van der Waals surface area contributed by atoms with Gasteiger partial charge in [0.05, 0.1) is 0 Å². The highest BCUT2D eigenvalue weighted by Crippen LogP contribution is 2.32. The second-order valence-electron chi connectivity index (χ2n) is 5.11. The fraction of sp³-hybridized carbons (Fsp3) is 0.250. The molecule has 0 saturated carbocycles. The molecule has 0 spiro atoms. The van der Waals surface area contributed by atoms with Crippen LogP contribution < -0.4 is 4.74 Å². The van der Waals surface area contributed by atoms with Crippen LogP contribution in [-0.2, 0) is 0 Å². The van der Waals surface area contributed by atoms with Crippen molar-refractivity contribution in [3.8, 4) is 11.6 Å². The lowest BCUT2D eigenvalue weighted by Gasteiger charge is -2.15. The van der Waals surface area contributed by atoms with Crippen molar-refractivity contribution in [2.75, 3.05) is 0 Å². The van der Waals surface area contributed by atoms with E-state index in [0.717, 1.165) is 11.1 Å². The molecule has 0 aliphatic carbocycles. The van der Waals surface area contributed by atoms with Gasteiger partial charge >= 0.3 is 5.97 Å². The highest BCUT2D eigenvalue weighted by atomic mass is 79.9. The largest absolute Gasteiger partial charge is 0.477 e. The van der Waals surface area contributed by atoms with Crippen LogP contribution in [0.2, 0.25) is 0 Å². The molecule has 0 aliphatic heterocycles. The van der Waals surface area contributed by atoms with Gasteiger partial charge in [-0.1, -0.05) is 26.0 Å². The van der Waals surface area contributed by atoms with E-state index >= 15 is 0 Å². The van der Waals surface area contributed by atoms with Crippen LogP contribution >= 0.6 is 15.9 Å². The molecule has 0 radical (unpaired) electrons. The average Bonchev–Trinajstić information content (AvgIpc) is 2.40. The van der Waals surface area contributed by atoms with Crippen molar-refractivity contribution in [3.63, 3.8) is 0 Å². The van der Waals surface area contributed by atoms with Gasteiger partial charge in [-0.3, -0.25) is 0 Å². The number of carbonyl (C=O) groups is 1. The number of ether oxygens (including phenoxy) is 1. The van der Waals surface area contributed by atoms with E-state index in [2.05, 4.69) is 34.8 Å². The van der Waals surface area contributed by atoms with E-state index < -0.39 is 5.97 Å². The molecule has 0 atom stereocenters. The number of hydrogen-bond acceptors (Lipinski definition) is 3. The van der Waals surface area contributed by atoms with E-state index in [1.54, 1.807) is 0 Å². The molecule has 1 heterocycles. The van der Waals surface area contributed by atoms with Crippen LogP contribution in [-0.4, -0.2) is 16.1 Å². The number of halogens is 1. The quantitative estimate of drug-likeness (QED) is 0.863. The van der Waals surface area contributed by atoms with Gasteiger partial charge < -0.3 is 9.84 Å². The molecular formula is C16H16BrNO3. The number of hydrogen-bond donors (Lipinski definition) is 1. The highest BCUT2D eigenvalue weighted by Gasteiger charge is 2.17. The minimum atomic E-state index is -1.07. The summed E-state index contributed by atoms with van der Waals surface area (Å²) >= 11 is 3.22. The average molecular weight is 350 g/mol. The second kappa shape index (κ2) is 6.26. The van der Waals surface area contributed by atoms with Gasteiger partial charge in [-0.2, -0.15) is 0 Å². The third-order valence-electron chi connectivity index (χ3n) is 3.05. The van der Waals surface area contributed by atoms with Gasteiger partial charge in [0.1, 0.15) is 11.3 Å². The molecule has 0 aliphatic rings. The minimum absolute atomic E-state index is 0.0283. The summed E-state index contributed by atoms with van der Waals surface area (Å²) in [5, 5.41) is 9.26. The van der Waals surface area contributed by atoms with E-state index in [-0.39, 0.29) is 17.4 Å². The fourth-order valence-electron chi connectivity index (χ4n) is 1.97. The number of pyridine rings is 1. The van der Waals surface area contributed by atoms with Crippen molar-refractivity contribution in [3.05, 3.63) is 51.6 Å². The first kappa shape index (κ1) is 15.5. The summed E-state index contributed by atoms with van der Waals surface area (Å²) in [6.45, 7) is 6.08. The van der Waals surface area contributed by atoms with Crippen LogP contribution in [0.3, 0.4) is 0 Å². The van der Waals surface area contributed by atoms with Gasteiger partial charge in [0.2, 0.25) is 5.88 Å². The molecule has 1 aromatic carbocycles. The molecule has 0 saturated heterocycles. The first-order valence-corrected chi connectivity index (χ1v) is 7.35. The Morgan fingerprint density at radius 3 is 2.67 bits per heavy atom. The Morgan fingerprint density at radius 2 is 2.05 bits per heavy atom. The molecule has 0 fully saturated rings. The Labute approximate surface area is 131 Å². The molecule has 2 aromatic rings. The number of aryl methyl sites for hydroxylation is 1. The maximum Gasteiger partial charge on any atom is 0.341 e. The maximum absolute atomic E-state index is 11.3. The predicted octanol–water partition coefficient (Wildman–Crippen LogP) is 4.77. The van der Waals surface area contributed by atoms with E-state index in [1.165, 1.54) is 12.3 Å². The number of carboxylic acid groups (broad SMARTS) is 1. The first-order valence-electron chi connectivity index (χ1n) is 6.55. The van der Waals surface area contributed by atoms with Crippen molar-refractivity contribution in [1.29, 1.82) is 0 Å². The van der Waals surface area contributed by atoms with Gasteiger partial charge in [-0.05, 0) is 52.0 Å². The molecule has 4 nitrogen and oxygen atoms in total. The number of aromatic carboxylic acids is 1. The number of aromatic nitrogens is 1. The van der Waals surface area contributed by atoms with Crippen molar-refractivity contribution in [2.45, 2.75) is 26.7 Å². The van der Waals surface area contributed by atoms with Crippen LogP contribution in [0.4, 0.5) is 0 Å². The summed E-state index contributed by atoms with van der Waals surface area (Å²) in [5.74, 6) is -0.0672. The zero-order valence-corrected chi connectivity index (χ0v) is 13.6. The van der Waals surface area contributed by atoms with Gasteiger partial charge in [0.25, 0.3) is 0 Å². The Bertz CT molecular complexity index is 683. The lowest BCUT2D eigenvalue weighted by atomic mass is 10.0. The van der Waals surface area contributed by atoms with Crippen LogP contribution in [0, 0.1) is 6.92 Å². The van der Waals surface area contributed by atoms with Crippen LogP contribution in [0.1, 0.15) is 41.3 Å². The fourth-order valence-corrected chi connectivity index (χ4v) is 2.30. The SMILES string of the molecule is Cc1ccc(C(C)C)c(Oc2ncc(Br)cc2C(=O)O)c1. The molecule has 0 bridgehead atoms. The van der Waals surface area contributed by atoms with E-state index in [4.69, 9.17) is 4.74 Å². The molecule has 5 heteroatoms. The van der Waals surface area contributed by atoms with Crippen molar-refractivity contribution >= 4 is 21.9 Å². The number of benzene rings is 1. The van der Waals surface area contributed by atoms with E-state index in [1.807, 2.05) is 25.1 Å². The van der Waals surface area contributed by atoms with Gasteiger partial charge in [0, 0.05) is 10.7 Å². The highest BCUT2D eigenvalue weighted by molar-refractivity contribution is 9.10. The van der Waals surface area contributed by atoms with Crippen molar-refractivity contribution < 1.29 is 14.6 Å². The zero-order chi connectivity index (χ0) is 15.6. The number of carboxylic acids is 1. The van der Waals surface area contributed by atoms with E-state index in [9.17, 15) is 9.90 Å². The zero-order valence-electron chi connectivity index (χ0n) is 12.1. The third kappa shape index (κ3) is 3.61. The topological polar surface area (TPSA) is 59.4 Å². The van der Waals surface area contributed by atoms with Gasteiger partial charge in [-0.15, -0.1) is 0 Å². The molecule has 21 heavy (non-hydrogen) atoms. The molecule has 1 N–H and O–H groups in total. The lowest BCUT2D eigenvalue weighted by Crippen LogP contribution is -2.03. The second-order valence-corrected chi connectivity index (χ2v) is 6.03. The van der Waals surface area contributed by atoms with Crippen LogP contribution in [0.25, 0.3) is 0 Å². The molecule has 1 aromatic heterocycles. The third-order valence-corrected chi connectivity index (χ3v) is 3.48. The normalized spacial score (nSPS) is 10.7. The summed E-state index contributed by atoms with van der Waals surface area (Å²) < 4.78 is 6.38. The molecule has 0 unspecified atom stereocenters. The van der Waals surface area contributed by atoms with Crippen LogP contribution in [0.15, 0.2) is 34.9 Å². The Kier molecular flexibility index (Phi) is 4.63. The number of nitrogens with zero attached hydrogens (tertiary/aromatic N) is 1. The monoisotopic (exact) mass is 349 g/mol. The predicted molar refractivity (Wildman–Crippen MR) is 84.2 cm³/mol. The number of rotatable bonds is 4. The van der Waals surface area contributed by atoms with Crippen molar-refractivity contribution in [1.82, 2.24) is 4.98 Å². The molecule has 0 amide bonds. The summed E-state index contributed by atoms with van der Waals surface area (Å²) in [5.41, 5.74) is 2.09. The Hall–Kier alpha value is -1.88. The van der Waals surface area contributed by atoms with Crippen LogP contribution in [0.5, 0.6) is 11.6 Å². The lowest BCUT2D eigenvalue weighted by molar-refractivity contribution is 0.0693. The van der Waals surface area contributed by atoms with Gasteiger partial charge in [0.15, 0.2) is 0 Å². The standard InChI is InChI=1S/C16H16BrNO3/c1-9(2)12-5-4-10(3)6-14(12)21-15-13(16(19)20)7-11(17)8-18-15/h4-9H,1-3H3,(H,19,20). The minimum Gasteiger partial charge on any atom is -0.477 e. The molecular weight excluding hydrogens is 334 g/mol. The summed E-state index contributed by atoms with van der Waals surface area (Å²) in [6, 6.07) is 7.38. The maximum atomic E-state index is 11.3. The Morgan fingerprint density at radius 1 is 1.33 bits per heavy atom.